The van der Waals surface area contributed by atoms with Crippen LogP contribution in [0.5, 0.6) is 0 Å². The van der Waals surface area contributed by atoms with Gasteiger partial charge in [-0.15, -0.1) is 11.8 Å². The van der Waals surface area contributed by atoms with Crippen molar-refractivity contribution in [3.8, 4) is 0 Å². The van der Waals surface area contributed by atoms with Crippen LogP contribution < -0.4 is 10.2 Å². The van der Waals surface area contributed by atoms with E-state index in [1.54, 1.807) is 24.1 Å². The Morgan fingerprint density at radius 3 is 2.59 bits per heavy atom. The number of likely N-dealkylation sites (tertiary alicyclic amines) is 1. The lowest BCUT2D eigenvalue weighted by atomic mass is 9.69. The molecule has 4 heterocycles. The first-order valence-electron chi connectivity index (χ1n) is 12.4. The number of furan rings is 1. The van der Waals surface area contributed by atoms with E-state index in [2.05, 4.69) is 10.3 Å². The average molecular weight is 576 g/mol. The molecule has 0 spiro atoms. The molecule has 202 valence electrons. The zero-order valence-electron chi connectivity index (χ0n) is 19.9. The van der Waals surface area contributed by atoms with Crippen molar-refractivity contribution in [2.45, 2.75) is 28.8 Å². The largest absolute Gasteiger partial charge is 0.469 e. The molecule has 8 nitrogen and oxygen atoms in total. The summed E-state index contributed by atoms with van der Waals surface area (Å²) in [6.45, 7) is -0.564. The number of thioether (sulfide) groups is 1. The van der Waals surface area contributed by atoms with E-state index in [-0.39, 0.29) is 39.5 Å². The summed E-state index contributed by atoms with van der Waals surface area (Å²) in [5, 5.41) is 3.14. The Labute approximate surface area is 226 Å². The Morgan fingerprint density at radius 1 is 1.10 bits per heavy atom. The lowest BCUT2D eigenvalue weighted by Crippen LogP contribution is -2.42. The summed E-state index contributed by atoms with van der Waals surface area (Å²) >= 11 is 2.68. The normalized spacial score (nSPS) is 30.8. The first-order chi connectivity index (χ1) is 18.6. The summed E-state index contributed by atoms with van der Waals surface area (Å²) in [5.74, 6) is -2.53. The molecule has 3 aromatic rings. The van der Waals surface area contributed by atoms with Gasteiger partial charge in [-0.2, -0.15) is 13.2 Å². The van der Waals surface area contributed by atoms with Gasteiger partial charge in [0.05, 0.1) is 39.5 Å². The van der Waals surface area contributed by atoms with Crippen LogP contribution in [0.1, 0.15) is 28.5 Å². The van der Waals surface area contributed by atoms with Gasteiger partial charge >= 0.3 is 11.0 Å². The Kier molecular flexibility index (Phi) is 5.44. The fourth-order valence-corrected chi connectivity index (χ4v) is 10.0. The van der Waals surface area contributed by atoms with E-state index in [0.29, 0.717) is 12.2 Å². The Balaban J connectivity index is 1.14. The van der Waals surface area contributed by atoms with Crippen LogP contribution in [0.4, 0.5) is 18.9 Å². The molecule has 4 aliphatic rings. The number of amides is 3. The van der Waals surface area contributed by atoms with Gasteiger partial charge in [0.2, 0.25) is 17.7 Å². The lowest BCUT2D eigenvalue weighted by Gasteiger charge is -2.42. The third-order valence-corrected chi connectivity index (χ3v) is 11.0. The van der Waals surface area contributed by atoms with Crippen molar-refractivity contribution >= 4 is 46.5 Å². The highest BCUT2D eigenvalue weighted by molar-refractivity contribution is 8.00. The molecule has 3 amide bonds. The van der Waals surface area contributed by atoms with Gasteiger partial charge in [-0.1, -0.05) is 17.4 Å². The average Bonchev–Trinajstić information content (AvgIpc) is 3.69. The summed E-state index contributed by atoms with van der Waals surface area (Å²) in [7, 11) is 0. The predicted molar refractivity (Wildman–Crippen MR) is 134 cm³/mol. The zero-order chi connectivity index (χ0) is 27.2. The summed E-state index contributed by atoms with van der Waals surface area (Å²) in [4.78, 5) is 56.6. The van der Waals surface area contributed by atoms with Crippen LogP contribution in [0.15, 0.2) is 56.9 Å². The van der Waals surface area contributed by atoms with Crippen molar-refractivity contribution in [3.63, 3.8) is 0 Å². The van der Waals surface area contributed by atoms with E-state index in [1.807, 2.05) is 6.07 Å². The molecular formula is C26H20F3N3O5S2. The minimum absolute atomic E-state index is 0.0141. The summed E-state index contributed by atoms with van der Waals surface area (Å²) in [6.07, 6.45) is -2.31. The zero-order valence-corrected chi connectivity index (χ0v) is 21.6. The maximum Gasteiger partial charge on any atom is 0.416 e. The van der Waals surface area contributed by atoms with Crippen LogP contribution >= 0.6 is 23.1 Å². The van der Waals surface area contributed by atoms with Crippen molar-refractivity contribution in [2.24, 2.45) is 29.6 Å². The number of alkyl halides is 3. The topological polar surface area (TPSA) is 112 Å². The first-order valence-corrected chi connectivity index (χ1v) is 14.1. The van der Waals surface area contributed by atoms with E-state index in [1.165, 1.54) is 12.1 Å². The van der Waals surface area contributed by atoms with Gasteiger partial charge in [0, 0.05) is 10.9 Å². The number of anilines is 1. The van der Waals surface area contributed by atoms with Crippen molar-refractivity contribution in [1.29, 1.82) is 0 Å². The monoisotopic (exact) mass is 575 g/mol. The molecule has 1 aromatic carbocycles. The van der Waals surface area contributed by atoms with E-state index in [9.17, 15) is 32.3 Å². The van der Waals surface area contributed by atoms with Gasteiger partial charge in [-0.3, -0.25) is 24.1 Å². The number of aromatic nitrogens is 1. The van der Waals surface area contributed by atoms with Gasteiger partial charge in [0.1, 0.15) is 12.3 Å². The van der Waals surface area contributed by atoms with E-state index < -0.39 is 47.8 Å². The van der Waals surface area contributed by atoms with Crippen LogP contribution in [0.3, 0.4) is 0 Å². The molecule has 7 atom stereocenters. The standard InChI is InChI=1S/C26H20F3N3O5S2/c27-26(28,29)10-3-1-4-11(7-10)30-15(33)9-32-23(34)17-12-8-13(18(17)24(32)35)20-16(12)19(14-5-2-6-37-14)21-22(38-20)31-25(36)39-21/h1-7,12-13,16-20H,8-9H2,(H,30,33)(H,31,36)/t12-,13-,16-,17+,18-,19+,20+/m0/s1. The molecule has 2 aromatic heterocycles. The van der Waals surface area contributed by atoms with Crippen LogP contribution in [-0.4, -0.2) is 39.4 Å². The predicted octanol–water partition coefficient (Wildman–Crippen LogP) is 4.16. The van der Waals surface area contributed by atoms with Crippen molar-refractivity contribution in [2.75, 3.05) is 11.9 Å². The molecule has 2 aliphatic heterocycles. The number of nitrogens with one attached hydrogen (secondary N) is 2. The summed E-state index contributed by atoms with van der Waals surface area (Å²) < 4.78 is 44.9. The molecule has 39 heavy (non-hydrogen) atoms. The van der Waals surface area contributed by atoms with Crippen LogP contribution in [0, 0.1) is 29.6 Å². The second-order valence-electron chi connectivity index (χ2n) is 10.4. The first kappa shape index (κ1) is 24.7. The SMILES string of the molecule is O=C(CN1C(=O)[C@@H]2[C@H]3C[C@H]([C@H]4Sc5[nH]c(=O)sc5[C@H](c5ccco5)[C@H]34)[C@@H]2C1=O)Nc1cccc(C(F)(F)F)c1. The van der Waals surface area contributed by atoms with Crippen molar-refractivity contribution in [1.82, 2.24) is 9.88 Å². The van der Waals surface area contributed by atoms with E-state index in [0.717, 1.165) is 38.3 Å². The minimum atomic E-state index is -4.57. The molecule has 2 bridgehead atoms. The highest BCUT2D eigenvalue weighted by Crippen LogP contribution is 2.68. The van der Waals surface area contributed by atoms with Gasteiger partial charge in [-0.25, -0.2) is 0 Å². The van der Waals surface area contributed by atoms with Gasteiger partial charge < -0.3 is 14.7 Å². The van der Waals surface area contributed by atoms with Crippen molar-refractivity contribution < 1.29 is 32.0 Å². The number of nitrogens with zero attached hydrogens (tertiary/aromatic N) is 1. The number of fused-ring (bicyclic) bond motifs is 9. The molecule has 2 aliphatic carbocycles. The molecule has 13 heteroatoms. The number of carbonyl (C=O) groups is 3. The second-order valence-corrected chi connectivity index (χ2v) is 12.6. The number of aromatic amines is 1. The smallest absolute Gasteiger partial charge is 0.416 e. The number of rotatable bonds is 4. The van der Waals surface area contributed by atoms with Crippen LogP contribution in [-0.2, 0) is 20.6 Å². The number of benzene rings is 1. The lowest BCUT2D eigenvalue weighted by molar-refractivity contribution is -0.143. The Bertz CT molecular complexity index is 1560. The summed E-state index contributed by atoms with van der Waals surface area (Å²) in [6, 6.07) is 7.83. The molecule has 0 unspecified atom stereocenters. The van der Waals surface area contributed by atoms with Crippen LogP contribution in [0.2, 0.25) is 0 Å². The number of hydrogen-bond donors (Lipinski definition) is 2. The quantitative estimate of drug-likeness (QED) is 0.452. The maximum atomic E-state index is 13.6. The van der Waals surface area contributed by atoms with Gasteiger partial charge in [-0.05, 0) is 54.5 Å². The number of thiazole rings is 1. The number of H-pyrrole nitrogens is 1. The second kappa shape index (κ2) is 8.59. The molecule has 0 radical (unpaired) electrons. The molecule has 3 fully saturated rings. The Hall–Kier alpha value is -3.32. The molecular weight excluding hydrogens is 555 g/mol. The molecule has 7 rings (SSSR count). The highest BCUT2D eigenvalue weighted by Gasteiger charge is 2.69. The fourth-order valence-electron chi connectivity index (χ4n) is 7.14. The number of halogens is 3. The maximum absolute atomic E-state index is 13.6. The van der Waals surface area contributed by atoms with Gasteiger partial charge in [0.15, 0.2) is 0 Å². The van der Waals surface area contributed by atoms with Crippen molar-refractivity contribution in [3.05, 3.63) is 68.5 Å². The van der Waals surface area contributed by atoms with E-state index >= 15 is 0 Å². The minimum Gasteiger partial charge on any atom is -0.469 e. The highest BCUT2D eigenvalue weighted by atomic mass is 32.2. The third-order valence-electron chi connectivity index (χ3n) is 8.44. The van der Waals surface area contributed by atoms with E-state index in [4.69, 9.17) is 4.42 Å². The third kappa shape index (κ3) is 3.73. The summed E-state index contributed by atoms with van der Waals surface area (Å²) in [5.41, 5.74) is -0.987. The molecule has 1 saturated heterocycles. The molecule has 2 saturated carbocycles. The number of imide groups is 1. The van der Waals surface area contributed by atoms with Gasteiger partial charge in [0.25, 0.3) is 0 Å². The fraction of sp³-hybridized carbons (Fsp3) is 0.385. The Morgan fingerprint density at radius 2 is 1.87 bits per heavy atom. The molecule has 2 N–H and O–H groups in total. The number of carbonyl (C=O) groups excluding carboxylic acids is 3. The van der Waals surface area contributed by atoms with Crippen LogP contribution in [0.25, 0.3) is 0 Å². The number of hydrogen-bond acceptors (Lipinski definition) is 7.